The zero-order valence-corrected chi connectivity index (χ0v) is 10.7. The number of nitrogens with zero attached hydrogens (tertiary/aromatic N) is 2. The van der Waals surface area contributed by atoms with Gasteiger partial charge in [-0.3, -0.25) is 0 Å². The number of nitrogens with one attached hydrogen (secondary N) is 2. The molecule has 2 N–H and O–H groups in total. The van der Waals surface area contributed by atoms with Crippen molar-refractivity contribution >= 4 is 11.8 Å². The Balaban J connectivity index is 2.11. The Bertz CT molecular complexity index is 430. The lowest BCUT2D eigenvalue weighted by Gasteiger charge is -2.24. The summed E-state index contributed by atoms with van der Waals surface area (Å²) in [4.78, 5) is 19.7. The van der Waals surface area contributed by atoms with E-state index in [2.05, 4.69) is 25.3 Å². The van der Waals surface area contributed by atoms with E-state index >= 15 is 0 Å². The van der Waals surface area contributed by atoms with Gasteiger partial charge in [-0.1, -0.05) is 0 Å². The van der Waals surface area contributed by atoms with Crippen molar-refractivity contribution in [3.05, 3.63) is 17.6 Å². The highest BCUT2D eigenvalue weighted by Crippen LogP contribution is 2.12. The lowest BCUT2D eigenvalue weighted by molar-refractivity contribution is 0.0586. The second kappa shape index (κ2) is 5.77. The van der Waals surface area contributed by atoms with Crippen molar-refractivity contribution in [2.45, 2.75) is 25.8 Å². The number of aryl methyl sites for hydroxylation is 1. The molecule has 2 rings (SSSR count). The summed E-state index contributed by atoms with van der Waals surface area (Å²) in [6, 6.07) is 2.24. The number of methoxy groups -OCH3 is 1. The fourth-order valence-electron chi connectivity index (χ4n) is 2.00. The third-order valence-corrected chi connectivity index (χ3v) is 2.91. The van der Waals surface area contributed by atoms with Gasteiger partial charge >= 0.3 is 5.97 Å². The summed E-state index contributed by atoms with van der Waals surface area (Å²) in [5.74, 6) is 0.288. The van der Waals surface area contributed by atoms with Crippen molar-refractivity contribution in [1.82, 2.24) is 15.3 Å². The van der Waals surface area contributed by atoms with Crippen LogP contribution in [-0.4, -0.2) is 42.2 Å². The molecule has 1 fully saturated rings. The average molecular weight is 250 g/mol. The number of hydrogen-bond donors (Lipinski definition) is 2. The first kappa shape index (κ1) is 12.8. The fourth-order valence-corrected chi connectivity index (χ4v) is 2.00. The number of carbonyl (C=O) groups excluding carboxylic acids is 1. The monoisotopic (exact) mass is 250 g/mol. The number of anilines is 1. The molecule has 0 radical (unpaired) electrons. The molecule has 2 heterocycles. The van der Waals surface area contributed by atoms with Gasteiger partial charge in [-0.15, -0.1) is 0 Å². The number of piperidine rings is 1. The summed E-state index contributed by atoms with van der Waals surface area (Å²) in [6.07, 6.45) is 2.10. The molecule has 0 unspecified atom stereocenters. The maximum atomic E-state index is 11.4. The van der Waals surface area contributed by atoms with E-state index in [1.165, 1.54) is 7.11 Å². The van der Waals surface area contributed by atoms with E-state index in [0.717, 1.165) is 31.6 Å². The van der Waals surface area contributed by atoms with E-state index in [4.69, 9.17) is 0 Å². The van der Waals surface area contributed by atoms with Crippen LogP contribution in [0.5, 0.6) is 0 Å². The molecular weight excluding hydrogens is 232 g/mol. The Morgan fingerprint density at radius 1 is 1.44 bits per heavy atom. The first-order chi connectivity index (χ1) is 8.69. The molecule has 6 heteroatoms. The minimum Gasteiger partial charge on any atom is -0.463 e. The molecule has 1 aliphatic heterocycles. The summed E-state index contributed by atoms with van der Waals surface area (Å²) in [5, 5.41) is 6.65. The molecule has 0 aliphatic carbocycles. The molecule has 0 bridgehead atoms. The molecule has 1 aromatic heterocycles. The molecular formula is C12H18N4O2. The third kappa shape index (κ3) is 3.16. The molecule has 0 aromatic carbocycles. The van der Waals surface area contributed by atoms with Gasteiger partial charge in [0.2, 0.25) is 5.82 Å². The Labute approximate surface area is 106 Å². The Morgan fingerprint density at radius 3 is 2.83 bits per heavy atom. The number of aromatic nitrogens is 2. The average Bonchev–Trinajstić information content (AvgIpc) is 2.38. The zero-order chi connectivity index (χ0) is 13.0. The highest BCUT2D eigenvalue weighted by atomic mass is 16.5. The van der Waals surface area contributed by atoms with Gasteiger partial charge in [0, 0.05) is 17.8 Å². The van der Waals surface area contributed by atoms with Gasteiger partial charge in [-0.2, -0.15) is 0 Å². The van der Waals surface area contributed by atoms with Gasteiger partial charge in [-0.05, 0) is 32.9 Å². The predicted octanol–water partition coefficient (Wildman–Crippen LogP) is 0.736. The van der Waals surface area contributed by atoms with Crippen molar-refractivity contribution in [1.29, 1.82) is 0 Å². The summed E-state index contributed by atoms with van der Waals surface area (Å²) in [6.45, 7) is 3.85. The first-order valence-corrected chi connectivity index (χ1v) is 6.10. The molecule has 0 amide bonds. The van der Waals surface area contributed by atoms with Gasteiger partial charge < -0.3 is 15.4 Å². The highest BCUT2D eigenvalue weighted by molar-refractivity contribution is 5.85. The lowest BCUT2D eigenvalue weighted by Crippen LogP contribution is -2.35. The van der Waals surface area contributed by atoms with Gasteiger partial charge in [0.25, 0.3) is 0 Å². The van der Waals surface area contributed by atoms with E-state index in [0.29, 0.717) is 11.9 Å². The minimum atomic E-state index is -0.507. The van der Waals surface area contributed by atoms with Crippen molar-refractivity contribution in [2.24, 2.45) is 0 Å². The van der Waals surface area contributed by atoms with Crippen LogP contribution in [0.15, 0.2) is 6.07 Å². The zero-order valence-electron chi connectivity index (χ0n) is 10.7. The van der Waals surface area contributed by atoms with Crippen LogP contribution in [0.4, 0.5) is 5.82 Å². The quantitative estimate of drug-likeness (QED) is 0.770. The van der Waals surface area contributed by atoms with E-state index in [-0.39, 0.29) is 5.82 Å². The van der Waals surface area contributed by atoms with E-state index in [1.807, 2.05) is 13.0 Å². The smallest absolute Gasteiger partial charge is 0.376 e. The number of rotatable bonds is 3. The molecule has 6 nitrogen and oxygen atoms in total. The Morgan fingerprint density at radius 2 is 2.17 bits per heavy atom. The largest absolute Gasteiger partial charge is 0.463 e. The SMILES string of the molecule is COC(=O)c1nc(C)cc(NC2CCNCC2)n1. The molecule has 1 aliphatic rings. The summed E-state index contributed by atoms with van der Waals surface area (Å²) < 4.78 is 4.63. The van der Waals surface area contributed by atoms with E-state index in [1.54, 1.807) is 0 Å². The highest BCUT2D eigenvalue weighted by Gasteiger charge is 2.16. The molecule has 1 aromatic rings. The molecule has 1 saturated heterocycles. The third-order valence-electron chi connectivity index (χ3n) is 2.91. The topological polar surface area (TPSA) is 76.1 Å². The van der Waals surface area contributed by atoms with Gasteiger partial charge in [0.15, 0.2) is 0 Å². The van der Waals surface area contributed by atoms with Crippen LogP contribution in [0, 0.1) is 6.92 Å². The molecule has 0 spiro atoms. The second-order valence-corrected chi connectivity index (χ2v) is 4.38. The van der Waals surface area contributed by atoms with Crippen molar-refractivity contribution < 1.29 is 9.53 Å². The van der Waals surface area contributed by atoms with Crippen LogP contribution in [0.3, 0.4) is 0 Å². The molecule has 0 saturated carbocycles. The maximum Gasteiger partial charge on any atom is 0.376 e. The number of esters is 1. The normalized spacial score (nSPS) is 16.3. The fraction of sp³-hybridized carbons (Fsp3) is 0.583. The Hall–Kier alpha value is -1.69. The summed E-state index contributed by atoms with van der Waals surface area (Å²) in [5.41, 5.74) is 0.752. The second-order valence-electron chi connectivity index (χ2n) is 4.38. The first-order valence-electron chi connectivity index (χ1n) is 6.10. The van der Waals surface area contributed by atoms with Crippen LogP contribution in [0.25, 0.3) is 0 Å². The number of hydrogen-bond acceptors (Lipinski definition) is 6. The van der Waals surface area contributed by atoms with Gasteiger partial charge in [-0.25, -0.2) is 14.8 Å². The van der Waals surface area contributed by atoms with Crippen LogP contribution in [-0.2, 0) is 4.74 Å². The minimum absolute atomic E-state index is 0.105. The van der Waals surface area contributed by atoms with Gasteiger partial charge in [0.1, 0.15) is 5.82 Å². The maximum absolute atomic E-state index is 11.4. The number of ether oxygens (including phenoxy) is 1. The molecule has 98 valence electrons. The van der Waals surface area contributed by atoms with Crippen LogP contribution >= 0.6 is 0 Å². The van der Waals surface area contributed by atoms with Crippen LogP contribution in [0.1, 0.15) is 29.2 Å². The summed E-state index contributed by atoms with van der Waals surface area (Å²) in [7, 11) is 1.33. The van der Waals surface area contributed by atoms with Crippen molar-refractivity contribution in [2.75, 3.05) is 25.5 Å². The van der Waals surface area contributed by atoms with Crippen LogP contribution in [0.2, 0.25) is 0 Å². The van der Waals surface area contributed by atoms with Gasteiger partial charge in [0.05, 0.1) is 7.11 Å². The lowest BCUT2D eigenvalue weighted by atomic mass is 10.1. The Kier molecular flexibility index (Phi) is 4.09. The summed E-state index contributed by atoms with van der Waals surface area (Å²) >= 11 is 0. The van der Waals surface area contributed by atoms with Crippen molar-refractivity contribution in [3.8, 4) is 0 Å². The van der Waals surface area contributed by atoms with Crippen molar-refractivity contribution in [3.63, 3.8) is 0 Å². The number of carbonyl (C=O) groups is 1. The predicted molar refractivity (Wildman–Crippen MR) is 67.6 cm³/mol. The van der Waals surface area contributed by atoms with E-state index < -0.39 is 5.97 Å². The molecule has 18 heavy (non-hydrogen) atoms. The molecule has 0 atom stereocenters. The van der Waals surface area contributed by atoms with E-state index in [9.17, 15) is 4.79 Å². The van der Waals surface area contributed by atoms with Crippen LogP contribution < -0.4 is 10.6 Å². The standard InChI is InChI=1S/C12H18N4O2/c1-8-7-10(15-9-3-5-13-6-4-9)16-11(14-8)12(17)18-2/h7,9,13H,3-6H2,1-2H3,(H,14,15,16).